The topological polar surface area (TPSA) is 64.4 Å². The number of aromatic nitrogens is 1. The van der Waals surface area contributed by atoms with Crippen LogP contribution in [0.15, 0.2) is 59.0 Å². The lowest BCUT2D eigenvalue weighted by molar-refractivity contribution is 0.102. The molecule has 1 heterocycles. The Kier molecular flexibility index (Phi) is 5.46. The van der Waals surface area contributed by atoms with Crippen molar-refractivity contribution in [3.05, 3.63) is 76.3 Å². The van der Waals surface area contributed by atoms with Crippen molar-refractivity contribution in [2.75, 3.05) is 12.4 Å². The largest absolute Gasteiger partial charge is 0.496 e. The van der Waals surface area contributed by atoms with Crippen LogP contribution in [0.5, 0.6) is 5.75 Å². The third-order valence-electron chi connectivity index (χ3n) is 4.98. The summed E-state index contributed by atoms with van der Waals surface area (Å²) in [5.41, 5.74) is 5.22. The highest BCUT2D eigenvalue weighted by Gasteiger charge is 2.17. The van der Waals surface area contributed by atoms with Gasteiger partial charge in [0.25, 0.3) is 5.91 Å². The Balaban J connectivity index is 1.67. The number of fused-ring (bicyclic) bond motifs is 1. The second-order valence-electron chi connectivity index (χ2n) is 6.98. The van der Waals surface area contributed by atoms with Gasteiger partial charge in [-0.25, -0.2) is 4.98 Å². The molecule has 5 nitrogen and oxygen atoms in total. The summed E-state index contributed by atoms with van der Waals surface area (Å²) in [6.07, 6.45) is 0.928. The maximum atomic E-state index is 12.9. The van der Waals surface area contributed by atoms with Crippen molar-refractivity contribution in [2.24, 2.45) is 0 Å². The van der Waals surface area contributed by atoms with Crippen LogP contribution in [0.25, 0.3) is 22.6 Å². The second-order valence-corrected chi connectivity index (χ2v) is 7.39. The number of nitrogens with one attached hydrogen (secondary N) is 1. The number of benzene rings is 3. The molecular weight excluding hydrogens is 400 g/mol. The number of methoxy groups -OCH3 is 1. The van der Waals surface area contributed by atoms with E-state index in [1.54, 1.807) is 25.3 Å². The van der Waals surface area contributed by atoms with Gasteiger partial charge in [0.05, 0.1) is 23.4 Å². The molecule has 1 aromatic heterocycles. The van der Waals surface area contributed by atoms with E-state index in [2.05, 4.69) is 17.2 Å². The Hall–Kier alpha value is -3.31. The van der Waals surface area contributed by atoms with Crippen LogP contribution < -0.4 is 10.1 Å². The van der Waals surface area contributed by atoms with Crippen molar-refractivity contribution in [3.63, 3.8) is 0 Å². The van der Waals surface area contributed by atoms with E-state index in [1.165, 1.54) is 5.56 Å². The molecule has 152 valence electrons. The number of anilines is 1. The van der Waals surface area contributed by atoms with E-state index in [4.69, 9.17) is 20.8 Å². The lowest BCUT2D eigenvalue weighted by Crippen LogP contribution is -2.14. The van der Waals surface area contributed by atoms with Crippen molar-refractivity contribution in [3.8, 4) is 17.2 Å². The first kappa shape index (κ1) is 20.0. The van der Waals surface area contributed by atoms with Gasteiger partial charge in [0.1, 0.15) is 11.3 Å². The van der Waals surface area contributed by atoms with Crippen LogP contribution in [-0.2, 0) is 6.42 Å². The first-order valence-electron chi connectivity index (χ1n) is 9.64. The van der Waals surface area contributed by atoms with Crippen molar-refractivity contribution >= 4 is 34.3 Å². The van der Waals surface area contributed by atoms with Crippen molar-refractivity contribution in [2.45, 2.75) is 20.3 Å². The van der Waals surface area contributed by atoms with Gasteiger partial charge in [-0.15, -0.1) is 0 Å². The maximum absolute atomic E-state index is 12.9. The minimum atomic E-state index is -0.306. The van der Waals surface area contributed by atoms with Gasteiger partial charge < -0.3 is 14.5 Å². The minimum absolute atomic E-state index is 0.306. The van der Waals surface area contributed by atoms with Crippen LogP contribution in [0.1, 0.15) is 28.4 Å². The number of carbonyl (C=O) groups excluding carboxylic acids is 1. The number of para-hydroxylation sites is 1. The summed E-state index contributed by atoms with van der Waals surface area (Å²) in [5, 5.41) is 3.29. The predicted molar refractivity (Wildman–Crippen MR) is 120 cm³/mol. The molecule has 0 unspecified atom stereocenters. The molecule has 0 aliphatic carbocycles. The first-order chi connectivity index (χ1) is 14.5. The third-order valence-corrected chi connectivity index (χ3v) is 5.31. The van der Waals surface area contributed by atoms with Crippen LogP contribution in [0.3, 0.4) is 0 Å². The molecule has 4 aromatic rings. The second kappa shape index (κ2) is 8.20. The fraction of sp³-hybridized carbons (Fsp3) is 0.167. The number of ether oxygens (including phenoxy) is 1. The molecule has 0 saturated heterocycles. The van der Waals surface area contributed by atoms with Crippen LogP contribution in [-0.4, -0.2) is 18.0 Å². The van der Waals surface area contributed by atoms with Crippen molar-refractivity contribution in [1.29, 1.82) is 0 Å². The normalized spacial score (nSPS) is 10.9. The van der Waals surface area contributed by atoms with Crippen LogP contribution >= 0.6 is 11.6 Å². The average Bonchev–Trinajstić information content (AvgIpc) is 3.18. The van der Waals surface area contributed by atoms with E-state index < -0.39 is 0 Å². The number of hydrogen-bond donors (Lipinski definition) is 1. The molecule has 30 heavy (non-hydrogen) atoms. The maximum Gasteiger partial charge on any atom is 0.259 e. The zero-order chi connectivity index (χ0) is 21.3. The summed E-state index contributed by atoms with van der Waals surface area (Å²) in [5.74, 6) is 0.700. The fourth-order valence-electron chi connectivity index (χ4n) is 3.36. The van der Waals surface area contributed by atoms with Crippen LogP contribution in [0, 0.1) is 6.92 Å². The Morgan fingerprint density at radius 2 is 2.00 bits per heavy atom. The minimum Gasteiger partial charge on any atom is -0.496 e. The van der Waals surface area contributed by atoms with E-state index in [0.717, 1.165) is 23.1 Å². The summed E-state index contributed by atoms with van der Waals surface area (Å²) in [6, 6.07) is 16.7. The van der Waals surface area contributed by atoms with E-state index in [0.29, 0.717) is 33.5 Å². The number of nitrogens with zero attached hydrogens (tertiary/aromatic N) is 1. The van der Waals surface area contributed by atoms with E-state index in [1.807, 2.05) is 43.3 Å². The van der Waals surface area contributed by atoms with Crippen molar-refractivity contribution < 1.29 is 13.9 Å². The van der Waals surface area contributed by atoms with E-state index >= 15 is 0 Å². The quantitative estimate of drug-likeness (QED) is 0.412. The molecule has 0 radical (unpaired) electrons. The number of carbonyl (C=O) groups is 1. The van der Waals surface area contributed by atoms with Gasteiger partial charge in [-0.05, 0) is 60.9 Å². The number of aryl methyl sites for hydroxylation is 2. The molecule has 0 spiro atoms. The molecule has 6 heteroatoms. The van der Waals surface area contributed by atoms with Gasteiger partial charge in [-0.3, -0.25) is 4.79 Å². The Morgan fingerprint density at radius 1 is 1.17 bits per heavy atom. The van der Waals surface area contributed by atoms with Gasteiger partial charge in [0.15, 0.2) is 5.58 Å². The molecular formula is C24H21ClN2O3. The Morgan fingerprint density at radius 3 is 2.77 bits per heavy atom. The number of hydrogen-bond acceptors (Lipinski definition) is 4. The lowest BCUT2D eigenvalue weighted by atomic mass is 10.1. The molecule has 1 N–H and O–H groups in total. The molecule has 0 saturated carbocycles. The van der Waals surface area contributed by atoms with E-state index in [9.17, 15) is 4.79 Å². The highest BCUT2D eigenvalue weighted by atomic mass is 35.5. The molecule has 4 rings (SSSR count). The Bertz CT molecular complexity index is 1250. The molecule has 0 aliphatic heterocycles. The standard InChI is InChI=1S/C24H21ClN2O3/c1-4-15-8-11-21-20(12-15)27-24(30-21)16-9-10-18(25)19(13-16)26-23(28)17-7-5-6-14(2)22(17)29-3/h5-13H,4H2,1-3H3,(H,26,28). The van der Waals surface area contributed by atoms with E-state index in [-0.39, 0.29) is 5.91 Å². The summed E-state index contributed by atoms with van der Waals surface area (Å²) in [4.78, 5) is 17.5. The van der Waals surface area contributed by atoms with Gasteiger partial charge in [-0.2, -0.15) is 0 Å². The SMILES string of the molecule is CCc1ccc2oc(-c3ccc(Cl)c(NC(=O)c4cccc(C)c4OC)c3)nc2c1. The summed E-state index contributed by atoms with van der Waals surface area (Å²) in [6.45, 7) is 3.99. The monoisotopic (exact) mass is 420 g/mol. The third kappa shape index (κ3) is 3.76. The number of rotatable bonds is 5. The number of halogens is 1. The lowest BCUT2D eigenvalue weighted by Gasteiger charge is -2.12. The molecule has 1 amide bonds. The molecule has 3 aromatic carbocycles. The molecule has 0 atom stereocenters. The highest BCUT2D eigenvalue weighted by molar-refractivity contribution is 6.34. The van der Waals surface area contributed by atoms with Gasteiger partial charge in [0, 0.05) is 5.56 Å². The molecule has 0 fully saturated rings. The van der Waals surface area contributed by atoms with Gasteiger partial charge in [-0.1, -0.05) is 36.7 Å². The van der Waals surface area contributed by atoms with Crippen LogP contribution in [0.4, 0.5) is 5.69 Å². The molecule has 0 aliphatic rings. The average molecular weight is 421 g/mol. The van der Waals surface area contributed by atoms with Crippen LogP contribution in [0.2, 0.25) is 5.02 Å². The predicted octanol–water partition coefficient (Wildman–Crippen LogP) is 6.28. The smallest absolute Gasteiger partial charge is 0.259 e. The fourth-order valence-corrected chi connectivity index (χ4v) is 3.53. The number of oxazole rings is 1. The Labute approximate surface area is 179 Å². The summed E-state index contributed by atoms with van der Waals surface area (Å²) >= 11 is 6.34. The first-order valence-corrected chi connectivity index (χ1v) is 10.0. The number of amides is 1. The zero-order valence-corrected chi connectivity index (χ0v) is 17.7. The summed E-state index contributed by atoms with van der Waals surface area (Å²) in [7, 11) is 1.55. The summed E-state index contributed by atoms with van der Waals surface area (Å²) < 4.78 is 11.3. The molecule has 0 bridgehead atoms. The van der Waals surface area contributed by atoms with Crippen molar-refractivity contribution in [1.82, 2.24) is 4.98 Å². The zero-order valence-electron chi connectivity index (χ0n) is 17.0. The van der Waals surface area contributed by atoms with Gasteiger partial charge in [0.2, 0.25) is 5.89 Å². The van der Waals surface area contributed by atoms with Gasteiger partial charge >= 0.3 is 0 Å². The highest BCUT2D eigenvalue weighted by Crippen LogP contribution is 2.32.